The fourth-order valence-electron chi connectivity index (χ4n) is 2.44. The molecule has 1 unspecified atom stereocenters. The number of rotatable bonds is 4. The van der Waals surface area contributed by atoms with Crippen LogP contribution in [0.25, 0.3) is 0 Å². The molecule has 1 saturated heterocycles. The second-order valence-electron chi connectivity index (χ2n) is 4.97. The maximum Gasteiger partial charge on any atom is 0.240 e. The molecule has 3 rings (SSSR count). The van der Waals surface area contributed by atoms with Gasteiger partial charge in [-0.05, 0) is 18.6 Å². The van der Waals surface area contributed by atoms with Gasteiger partial charge >= 0.3 is 0 Å². The van der Waals surface area contributed by atoms with Crippen LogP contribution in [0.5, 0.6) is 0 Å². The van der Waals surface area contributed by atoms with Crippen molar-refractivity contribution in [2.45, 2.75) is 23.4 Å². The van der Waals surface area contributed by atoms with Crippen LogP contribution in [-0.4, -0.2) is 32.4 Å². The lowest BCUT2D eigenvalue weighted by atomic mass is 10.3. The normalized spacial score (nSPS) is 18.5. The molecule has 21 heavy (non-hydrogen) atoms. The topological polar surface area (TPSA) is 58.4 Å². The van der Waals surface area contributed by atoms with Crippen LogP contribution in [0.2, 0.25) is 0 Å². The second-order valence-corrected chi connectivity index (χ2v) is 6.14. The Kier molecular flexibility index (Phi) is 3.98. The quantitative estimate of drug-likeness (QED) is 0.936. The van der Waals surface area contributed by atoms with E-state index in [1.807, 2.05) is 46.8 Å². The number of aromatic nitrogens is 2. The number of anilines is 1. The van der Waals surface area contributed by atoms with Gasteiger partial charge in [0.05, 0.1) is 23.7 Å². The van der Waals surface area contributed by atoms with Gasteiger partial charge in [0.25, 0.3) is 0 Å². The summed E-state index contributed by atoms with van der Waals surface area (Å²) in [5.74, 6) is 0.125. The summed E-state index contributed by atoms with van der Waals surface area (Å²) in [5, 5.41) is 9.85. The van der Waals surface area contributed by atoms with Crippen molar-refractivity contribution in [3.63, 3.8) is 0 Å². The summed E-state index contributed by atoms with van der Waals surface area (Å²) in [6.45, 7) is 0.691. The average molecular weight is 303 g/mol. The van der Waals surface area contributed by atoms with Crippen LogP contribution in [-0.2, 0) is 18.4 Å². The maximum atomic E-state index is 12.5. The standard InChI is InChI=1S/C15H17N3O2S/c1-17-12(10-19)9-16-15(17)21-13-7-8-18(14(13)20)11-5-3-2-4-6-11/h2-6,9,13,19H,7-8,10H2,1H3. The molecule has 6 heteroatoms. The van der Waals surface area contributed by atoms with E-state index in [1.54, 1.807) is 6.20 Å². The predicted molar refractivity (Wildman–Crippen MR) is 82.2 cm³/mol. The van der Waals surface area contributed by atoms with E-state index in [9.17, 15) is 9.90 Å². The molecule has 0 bridgehead atoms. The molecule has 110 valence electrons. The van der Waals surface area contributed by atoms with Crippen LogP contribution < -0.4 is 4.90 Å². The zero-order chi connectivity index (χ0) is 14.8. The Morgan fingerprint density at radius 3 is 2.81 bits per heavy atom. The molecular weight excluding hydrogens is 286 g/mol. The number of hydrogen-bond donors (Lipinski definition) is 1. The molecule has 2 heterocycles. The largest absolute Gasteiger partial charge is 0.390 e. The molecule has 0 aliphatic carbocycles. The minimum Gasteiger partial charge on any atom is -0.390 e. The van der Waals surface area contributed by atoms with Gasteiger partial charge in [0.1, 0.15) is 0 Å². The molecule has 0 saturated carbocycles. The van der Waals surface area contributed by atoms with Crippen LogP contribution in [0.4, 0.5) is 5.69 Å². The first-order chi connectivity index (χ1) is 10.2. The van der Waals surface area contributed by atoms with E-state index >= 15 is 0 Å². The zero-order valence-corrected chi connectivity index (χ0v) is 12.6. The molecule has 1 aromatic carbocycles. The molecule has 0 spiro atoms. The third kappa shape index (κ3) is 2.69. The van der Waals surface area contributed by atoms with E-state index in [0.29, 0.717) is 0 Å². The Hall–Kier alpha value is -1.79. The number of carbonyl (C=O) groups excluding carboxylic acids is 1. The van der Waals surface area contributed by atoms with Crippen LogP contribution in [0.1, 0.15) is 12.1 Å². The van der Waals surface area contributed by atoms with E-state index in [-0.39, 0.29) is 17.8 Å². The lowest BCUT2D eigenvalue weighted by Gasteiger charge is -2.16. The zero-order valence-electron chi connectivity index (χ0n) is 11.8. The van der Waals surface area contributed by atoms with Crippen LogP contribution >= 0.6 is 11.8 Å². The van der Waals surface area contributed by atoms with E-state index < -0.39 is 0 Å². The van der Waals surface area contributed by atoms with Gasteiger partial charge in [-0.2, -0.15) is 0 Å². The fourth-order valence-corrected chi connectivity index (χ4v) is 3.53. The molecule has 5 nitrogen and oxygen atoms in total. The Labute approximate surface area is 127 Å². The van der Waals surface area contributed by atoms with Crippen LogP contribution in [0.15, 0.2) is 41.7 Å². The highest BCUT2D eigenvalue weighted by Gasteiger charge is 2.34. The lowest BCUT2D eigenvalue weighted by Crippen LogP contribution is -2.28. The maximum absolute atomic E-state index is 12.5. The molecule has 1 amide bonds. The van der Waals surface area contributed by atoms with Crippen molar-refractivity contribution in [2.24, 2.45) is 7.05 Å². The van der Waals surface area contributed by atoms with Crippen molar-refractivity contribution in [2.75, 3.05) is 11.4 Å². The molecule has 1 fully saturated rings. The van der Waals surface area contributed by atoms with Gasteiger partial charge in [0.2, 0.25) is 5.91 Å². The molecular formula is C15H17N3O2S. The fraction of sp³-hybridized carbons (Fsp3) is 0.333. The lowest BCUT2D eigenvalue weighted by molar-refractivity contribution is -0.116. The highest BCUT2D eigenvalue weighted by molar-refractivity contribution is 8.00. The summed E-state index contributed by atoms with van der Waals surface area (Å²) in [4.78, 5) is 18.6. The van der Waals surface area contributed by atoms with Gasteiger partial charge in [-0.3, -0.25) is 4.79 Å². The summed E-state index contributed by atoms with van der Waals surface area (Å²) in [6.07, 6.45) is 2.45. The predicted octanol–water partition coefficient (Wildman–Crippen LogP) is 1.81. The number of thioether (sulfide) groups is 1. The average Bonchev–Trinajstić information content (AvgIpc) is 3.05. The Balaban J connectivity index is 1.73. The van der Waals surface area contributed by atoms with Crippen molar-refractivity contribution < 1.29 is 9.90 Å². The number of aliphatic hydroxyl groups excluding tert-OH is 1. The second kappa shape index (κ2) is 5.91. The van der Waals surface area contributed by atoms with Crippen molar-refractivity contribution in [1.29, 1.82) is 0 Å². The van der Waals surface area contributed by atoms with Crippen molar-refractivity contribution in [1.82, 2.24) is 9.55 Å². The number of benzene rings is 1. The summed E-state index contributed by atoms with van der Waals surface area (Å²) in [5.41, 5.74) is 1.70. The van der Waals surface area contributed by atoms with Gasteiger partial charge in [-0.15, -0.1) is 0 Å². The van der Waals surface area contributed by atoms with E-state index in [4.69, 9.17) is 0 Å². The Morgan fingerprint density at radius 2 is 2.14 bits per heavy atom. The summed E-state index contributed by atoms with van der Waals surface area (Å²) < 4.78 is 1.84. The van der Waals surface area contributed by atoms with E-state index in [0.717, 1.165) is 29.5 Å². The van der Waals surface area contributed by atoms with E-state index in [1.165, 1.54) is 11.8 Å². The molecule has 1 aliphatic rings. The number of aliphatic hydroxyl groups is 1. The number of imidazole rings is 1. The van der Waals surface area contributed by atoms with Crippen molar-refractivity contribution in [3.05, 3.63) is 42.2 Å². The van der Waals surface area contributed by atoms with Crippen LogP contribution in [0.3, 0.4) is 0 Å². The Morgan fingerprint density at radius 1 is 1.38 bits per heavy atom. The first-order valence-electron chi connectivity index (χ1n) is 6.85. The monoisotopic (exact) mass is 303 g/mol. The van der Waals surface area contributed by atoms with Crippen molar-refractivity contribution in [3.8, 4) is 0 Å². The van der Waals surface area contributed by atoms with Crippen LogP contribution in [0, 0.1) is 0 Å². The first kappa shape index (κ1) is 14.2. The molecule has 2 aromatic rings. The summed E-state index contributed by atoms with van der Waals surface area (Å²) >= 11 is 1.47. The molecule has 1 aromatic heterocycles. The third-order valence-corrected chi connectivity index (χ3v) is 4.99. The van der Waals surface area contributed by atoms with Crippen molar-refractivity contribution >= 4 is 23.4 Å². The molecule has 1 atom stereocenters. The van der Waals surface area contributed by atoms with Gasteiger partial charge in [0.15, 0.2) is 5.16 Å². The van der Waals surface area contributed by atoms with Gasteiger partial charge in [-0.1, -0.05) is 30.0 Å². The first-order valence-corrected chi connectivity index (χ1v) is 7.73. The number of nitrogens with zero attached hydrogens (tertiary/aromatic N) is 3. The number of para-hydroxylation sites is 1. The third-order valence-electron chi connectivity index (χ3n) is 3.68. The van der Waals surface area contributed by atoms with E-state index in [2.05, 4.69) is 4.98 Å². The molecule has 1 N–H and O–H groups in total. The highest BCUT2D eigenvalue weighted by atomic mass is 32.2. The Bertz CT molecular complexity index is 642. The van der Waals surface area contributed by atoms with Gasteiger partial charge in [-0.25, -0.2) is 4.98 Å². The van der Waals surface area contributed by atoms with Gasteiger partial charge in [0, 0.05) is 19.3 Å². The minimum absolute atomic E-state index is 0.0428. The minimum atomic E-state index is -0.113. The number of amides is 1. The summed E-state index contributed by atoms with van der Waals surface area (Å²) in [6, 6.07) is 9.73. The number of carbonyl (C=O) groups is 1. The molecule has 0 radical (unpaired) electrons. The summed E-state index contributed by atoms with van der Waals surface area (Å²) in [7, 11) is 1.86. The smallest absolute Gasteiger partial charge is 0.240 e. The number of hydrogen-bond acceptors (Lipinski definition) is 4. The molecule has 1 aliphatic heterocycles. The highest BCUT2D eigenvalue weighted by Crippen LogP contribution is 2.32. The SMILES string of the molecule is Cn1c(CO)cnc1SC1CCN(c2ccccc2)C1=O. The van der Waals surface area contributed by atoms with Gasteiger partial charge < -0.3 is 14.6 Å².